The maximum absolute atomic E-state index is 15.3. The first-order chi connectivity index (χ1) is 15.3. The van der Waals surface area contributed by atoms with E-state index in [9.17, 15) is 18.0 Å². The second-order valence-electron chi connectivity index (χ2n) is 7.52. The van der Waals surface area contributed by atoms with Crippen LogP contribution >= 0.6 is 0 Å². The minimum atomic E-state index is -4.60. The molecule has 4 rings (SSSR count). The SMILES string of the molecule is O=C(c1cccnc1-c1ccncn1)N1CCC(F)(Cc2ccc(C(F)(F)F)nn2)CC1. The summed E-state index contributed by atoms with van der Waals surface area (Å²) in [6, 6.07) is 6.86. The van der Waals surface area contributed by atoms with Gasteiger partial charge in [-0.15, -0.1) is 5.10 Å². The van der Waals surface area contributed by atoms with Gasteiger partial charge in [0.05, 0.1) is 17.0 Å². The molecule has 0 aliphatic carbocycles. The molecule has 166 valence electrons. The number of alkyl halides is 4. The molecule has 11 heteroatoms. The van der Waals surface area contributed by atoms with Crippen LogP contribution in [-0.4, -0.2) is 54.7 Å². The van der Waals surface area contributed by atoms with E-state index in [0.717, 1.165) is 12.1 Å². The van der Waals surface area contributed by atoms with Gasteiger partial charge < -0.3 is 4.90 Å². The maximum Gasteiger partial charge on any atom is 0.435 e. The van der Waals surface area contributed by atoms with Crippen LogP contribution in [0.2, 0.25) is 0 Å². The summed E-state index contributed by atoms with van der Waals surface area (Å²) in [6.07, 6.45) is -0.230. The van der Waals surface area contributed by atoms with E-state index < -0.39 is 17.5 Å². The summed E-state index contributed by atoms with van der Waals surface area (Å²) in [5, 5.41) is 6.66. The van der Waals surface area contributed by atoms with E-state index in [1.54, 1.807) is 30.6 Å². The Hall–Kier alpha value is -3.50. The predicted octanol–water partition coefficient (Wildman–Crippen LogP) is 3.53. The van der Waals surface area contributed by atoms with Gasteiger partial charge >= 0.3 is 6.18 Å². The Morgan fingerprint density at radius 2 is 1.81 bits per heavy atom. The van der Waals surface area contributed by atoms with Gasteiger partial charge in [-0.05, 0) is 43.2 Å². The quantitative estimate of drug-likeness (QED) is 0.570. The van der Waals surface area contributed by atoms with E-state index >= 15 is 4.39 Å². The number of aromatic nitrogens is 5. The van der Waals surface area contributed by atoms with Gasteiger partial charge in [-0.1, -0.05) is 0 Å². The third kappa shape index (κ3) is 4.71. The lowest BCUT2D eigenvalue weighted by Crippen LogP contribution is -2.45. The van der Waals surface area contributed by atoms with Crippen molar-refractivity contribution in [1.29, 1.82) is 0 Å². The number of amides is 1. The van der Waals surface area contributed by atoms with Crippen LogP contribution in [0.3, 0.4) is 0 Å². The zero-order chi connectivity index (χ0) is 22.8. The smallest absolute Gasteiger partial charge is 0.338 e. The van der Waals surface area contributed by atoms with Crippen molar-refractivity contribution in [3.8, 4) is 11.4 Å². The van der Waals surface area contributed by atoms with Gasteiger partial charge in [0.2, 0.25) is 0 Å². The van der Waals surface area contributed by atoms with Gasteiger partial charge in [0.15, 0.2) is 5.69 Å². The summed E-state index contributed by atoms with van der Waals surface area (Å²) in [7, 11) is 0. The van der Waals surface area contributed by atoms with Crippen LogP contribution in [0.15, 0.2) is 49.1 Å². The molecule has 1 aliphatic rings. The van der Waals surface area contributed by atoms with E-state index in [1.165, 1.54) is 11.2 Å². The minimum absolute atomic E-state index is 0.0323. The van der Waals surface area contributed by atoms with Crippen LogP contribution in [0.5, 0.6) is 0 Å². The topological polar surface area (TPSA) is 84.8 Å². The highest BCUT2D eigenvalue weighted by Gasteiger charge is 2.38. The molecule has 0 atom stereocenters. The Labute approximate surface area is 180 Å². The molecule has 1 saturated heterocycles. The zero-order valence-electron chi connectivity index (χ0n) is 16.8. The Balaban J connectivity index is 1.43. The summed E-state index contributed by atoms with van der Waals surface area (Å²) in [6.45, 7) is 0.309. The van der Waals surface area contributed by atoms with Gasteiger partial charge in [0.1, 0.15) is 17.7 Å². The molecule has 1 fully saturated rings. The molecule has 1 amide bonds. The summed E-state index contributed by atoms with van der Waals surface area (Å²) in [5.74, 6) is -0.289. The standard InChI is InChI=1S/C21H18F4N6O/c22-20(12-14-3-4-17(30-29-14)21(23,24)25)6-10-31(11-7-20)19(32)15-2-1-8-27-18(15)16-5-9-26-13-28-16/h1-5,8-9,13H,6-7,10-12H2. The highest BCUT2D eigenvalue weighted by molar-refractivity contribution is 5.99. The first kappa shape index (κ1) is 21.7. The fraction of sp³-hybridized carbons (Fsp3) is 0.333. The Morgan fingerprint density at radius 3 is 2.44 bits per heavy atom. The third-order valence-electron chi connectivity index (χ3n) is 5.32. The van der Waals surface area contributed by atoms with Crippen LogP contribution < -0.4 is 0 Å². The van der Waals surface area contributed by atoms with Crippen LogP contribution in [0.25, 0.3) is 11.4 Å². The Morgan fingerprint density at radius 1 is 1.03 bits per heavy atom. The molecule has 4 heterocycles. The molecular weight excluding hydrogens is 428 g/mol. The number of nitrogens with zero attached hydrogens (tertiary/aromatic N) is 6. The van der Waals surface area contributed by atoms with Crippen molar-refractivity contribution in [3.63, 3.8) is 0 Å². The van der Waals surface area contributed by atoms with E-state index in [-0.39, 0.29) is 44.0 Å². The molecule has 0 aromatic carbocycles. The van der Waals surface area contributed by atoms with Crippen LogP contribution in [0, 0.1) is 0 Å². The fourth-order valence-corrected chi connectivity index (χ4v) is 3.60. The Bertz CT molecular complexity index is 1080. The lowest BCUT2D eigenvalue weighted by atomic mass is 9.88. The average Bonchev–Trinajstić information content (AvgIpc) is 2.79. The fourth-order valence-electron chi connectivity index (χ4n) is 3.60. The van der Waals surface area contributed by atoms with Gasteiger partial charge in [-0.25, -0.2) is 14.4 Å². The highest BCUT2D eigenvalue weighted by atomic mass is 19.4. The molecule has 7 nitrogen and oxygen atoms in total. The minimum Gasteiger partial charge on any atom is -0.338 e. The zero-order valence-corrected chi connectivity index (χ0v) is 16.8. The Kier molecular flexibility index (Phi) is 5.81. The number of hydrogen-bond donors (Lipinski definition) is 0. The first-order valence-corrected chi connectivity index (χ1v) is 9.85. The van der Waals surface area contributed by atoms with Gasteiger partial charge in [-0.2, -0.15) is 18.3 Å². The van der Waals surface area contributed by atoms with Crippen molar-refractivity contribution >= 4 is 5.91 Å². The highest BCUT2D eigenvalue weighted by Crippen LogP contribution is 2.32. The monoisotopic (exact) mass is 446 g/mol. The third-order valence-corrected chi connectivity index (χ3v) is 5.32. The number of hydrogen-bond acceptors (Lipinski definition) is 6. The van der Waals surface area contributed by atoms with E-state index in [4.69, 9.17) is 0 Å². The van der Waals surface area contributed by atoms with Crippen LogP contribution in [0.4, 0.5) is 17.6 Å². The van der Waals surface area contributed by atoms with Crippen molar-refractivity contribution in [2.24, 2.45) is 0 Å². The number of piperidine rings is 1. The lowest BCUT2D eigenvalue weighted by Gasteiger charge is -2.36. The molecule has 0 radical (unpaired) electrons. The molecule has 0 bridgehead atoms. The second kappa shape index (κ2) is 8.56. The van der Waals surface area contributed by atoms with Crippen molar-refractivity contribution in [2.75, 3.05) is 13.1 Å². The summed E-state index contributed by atoms with van der Waals surface area (Å²) >= 11 is 0. The normalized spacial score (nSPS) is 16.1. The van der Waals surface area contributed by atoms with Crippen molar-refractivity contribution in [3.05, 3.63) is 66.0 Å². The average molecular weight is 446 g/mol. The van der Waals surface area contributed by atoms with E-state index in [0.29, 0.717) is 17.0 Å². The molecule has 0 N–H and O–H groups in total. The molecule has 0 saturated carbocycles. The van der Waals surface area contributed by atoms with Crippen LogP contribution in [-0.2, 0) is 12.6 Å². The van der Waals surface area contributed by atoms with Gasteiger partial charge in [0.25, 0.3) is 5.91 Å². The first-order valence-electron chi connectivity index (χ1n) is 9.85. The maximum atomic E-state index is 15.3. The summed E-state index contributed by atoms with van der Waals surface area (Å²) in [5.41, 5.74) is -1.40. The van der Waals surface area contributed by atoms with E-state index in [2.05, 4.69) is 25.1 Å². The number of pyridine rings is 1. The number of carbonyl (C=O) groups excluding carboxylic acids is 1. The molecule has 3 aromatic heterocycles. The molecular formula is C21H18F4N6O. The van der Waals surface area contributed by atoms with E-state index in [1.807, 2.05) is 0 Å². The number of carbonyl (C=O) groups is 1. The molecule has 0 unspecified atom stereocenters. The largest absolute Gasteiger partial charge is 0.435 e. The number of rotatable bonds is 4. The van der Waals surface area contributed by atoms with Gasteiger partial charge in [0, 0.05) is 31.9 Å². The van der Waals surface area contributed by atoms with Gasteiger partial charge in [-0.3, -0.25) is 9.78 Å². The summed E-state index contributed by atoms with van der Waals surface area (Å²) < 4.78 is 53.2. The molecule has 0 spiro atoms. The second-order valence-corrected chi connectivity index (χ2v) is 7.52. The number of likely N-dealkylation sites (tertiary alicyclic amines) is 1. The van der Waals surface area contributed by atoms with Crippen molar-refractivity contribution < 1.29 is 22.4 Å². The lowest BCUT2D eigenvalue weighted by molar-refractivity contribution is -0.141. The summed E-state index contributed by atoms with van der Waals surface area (Å²) in [4.78, 5) is 26.9. The van der Waals surface area contributed by atoms with Crippen LogP contribution in [0.1, 0.15) is 34.6 Å². The van der Waals surface area contributed by atoms with Crippen molar-refractivity contribution in [2.45, 2.75) is 31.1 Å². The molecule has 32 heavy (non-hydrogen) atoms. The molecule has 1 aliphatic heterocycles. The number of halogens is 4. The van der Waals surface area contributed by atoms with Crippen molar-refractivity contribution in [1.82, 2.24) is 30.0 Å². The molecule has 3 aromatic rings. The predicted molar refractivity (Wildman–Crippen MR) is 105 cm³/mol.